The van der Waals surface area contributed by atoms with Gasteiger partial charge in [-0.1, -0.05) is 30.3 Å². The van der Waals surface area contributed by atoms with Gasteiger partial charge in [0.25, 0.3) is 5.91 Å². The number of rotatable bonds is 9. The minimum absolute atomic E-state index is 0.0634. The van der Waals surface area contributed by atoms with Crippen LogP contribution >= 0.6 is 11.6 Å². The lowest BCUT2D eigenvalue weighted by Crippen LogP contribution is -2.35. The molecule has 1 aliphatic heterocycles. The van der Waals surface area contributed by atoms with Crippen LogP contribution in [0.5, 0.6) is 11.5 Å². The molecule has 8 heteroatoms. The molecule has 0 spiro atoms. The maximum atomic E-state index is 13.6. The summed E-state index contributed by atoms with van der Waals surface area (Å²) in [5.41, 5.74) is 1.10. The number of fused-ring (bicyclic) bond motifs is 2. The van der Waals surface area contributed by atoms with Gasteiger partial charge in [-0.3, -0.25) is 9.59 Å². The number of likely N-dealkylation sites (N-methyl/N-ethyl adjacent to an activating group) is 1. The monoisotopic (exact) mass is 482 g/mol. The number of ether oxygens (including phenoxy) is 2. The van der Waals surface area contributed by atoms with Gasteiger partial charge in [-0.2, -0.15) is 0 Å². The van der Waals surface area contributed by atoms with Gasteiger partial charge in [-0.05, 0) is 56.9 Å². The summed E-state index contributed by atoms with van der Waals surface area (Å²) in [5.74, 6) is 0.838. The van der Waals surface area contributed by atoms with E-state index in [0.717, 1.165) is 5.56 Å². The molecule has 0 bridgehead atoms. The molecular weight excluding hydrogens is 456 g/mol. The third kappa shape index (κ3) is 4.41. The van der Waals surface area contributed by atoms with Crippen molar-refractivity contribution in [1.29, 1.82) is 0 Å². The van der Waals surface area contributed by atoms with E-state index < -0.39 is 6.04 Å². The van der Waals surface area contributed by atoms with Crippen molar-refractivity contribution in [2.24, 2.45) is 0 Å². The van der Waals surface area contributed by atoms with E-state index in [1.165, 1.54) is 0 Å². The Balaban J connectivity index is 1.90. The van der Waals surface area contributed by atoms with Crippen molar-refractivity contribution in [2.45, 2.75) is 13.0 Å². The highest BCUT2D eigenvalue weighted by Crippen LogP contribution is 2.41. The van der Waals surface area contributed by atoms with Crippen LogP contribution in [-0.2, 0) is 0 Å². The predicted molar refractivity (Wildman–Crippen MR) is 132 cm³/mol. The zero-order valence-corrected chi connectivity index (χ0v) is 20.2. The second-order valence-corrected chi connectivity index (χ2v) is 8.69. The van der Waals surface area contributed by atoms with E-state index >= 15 is 0 Å². The van der Waals surface area contributed by atoms with Crippen molar-refractivity contribution in [2.75, 3.05) is 40.4 Å². The fraction of sp³-hybridized carbons (Fsp3) is 0.308. The number of halogens is 1. The number of hydrogen-bond acceptors (Lipinski definition) is 6. The number of amides is 1. The fourth-order valence-corrected chi connectivity index (χ4v) is 4.28. The van der Waals surface area contributed by atoms with E-state index in [-0.39, 0.29) is 17.1 Å². The Hall–Kier alpha value is -3.29. The first-order valence-electron chi connectivity index (χ1n) is 11.1. The van der Waals surface area contributed by atoms with Crippen molar-refractivity contribution < 1.29 is 18.7 Å². The lowest BCUT2D eigenvalue weighted by atomic mass is 9.98. The molecule has 34 heavy (non-hydrogen) atoms. The van der Waals surface area contributed by atoms with Gasteiger partial charge in [0.15, 0.2) is 16.9 Å². The highest BCUT2D eigenvalue weighted by Gasteiger charge is 2.42. The molecule has 0 radical (unpaired) electrons. The van der Waals surface area contributed by atoms with Gasteiger partial charge in [0.2, 0.25) is 5.76 Å². The van der Waals surface area contributed by atoms with Gasteiger partial charge in [0.05, 0.1) is 23.6 Å². The van der Waals surface area contributed by atoms with Crippen LogP contribution in [0, 0.1) is 0 Å². The first-order chi connectivity index (χ1) is 16.3. The van der Waals surface area contributed by atoms with Gasteiger partial charge < -0.3 is 23.7 Å². The molecule has 178 valence electrons. The second-order valence-electron chi connectivity index (χ2n) is 8.26. The molecule has 1 aliphatic rings. The molecular formula is C26H27ClN2O5. The van der Waals surface area contributed by atoms with Crippen molar-refractivity contribution in [3.05, 3.63) is 81.2 Å². The average molecular weight is 483 g/mol. The molecule has 1 atom stereocenters. The third-order valence-corrected chi connectivity index (χ3v) is 5.89. The summed E-state index contributed by atoms with van der Waals surface area (Å²) in [6, 6.07) is 9.65. The standard InChI is InChI=1S/C26H27ClN2O5/c1-5-13-33-20-9-7-16(14-21(20)32-6-2)23-22-24(30)18-15-17(27)8-10-19(18)34-25(22)26(31)29(23)12-11-28(3)4/h5,7-10,14-15,23H,1,6,11-13H2,2-4H3. The van der Waals surface area contributed by atoms with Crippen molar-refractivity contribution in [3.8, 4) is 11.5 Å². The zero-order chi connectivity index (χ0) is 24.4. The normalized spacial score (nSPS) is 15.1. The largest absolute Gasteiger partial charge is 0.490 e. The molecule has 1 amide bonds. The van der Waals surface area contributed by atoms with Crippen molar-refractivity contribution >= 4 is 28.5 Å². The molecule has 0 saturated heterocycles. The second kappa shape index (κ2) is 9.91. The average Bonchev–Trinajstić information content (AvgIpc) is 3.09. The van der Waals surface area contributed by atoms with Crippen LogP contribution in [0.15, 0.2) is 58.3 Å². The minimum atomic E-state index is -0.630. The molecule has 1 aromatic heterocycles. The summed E-state index contributed by atoms with van der Waals surface area (Å²) in [7, 11) is 3.86. The van der Waals surface area contributed by atoms with Crippen molar-refractivity contribution in [1.82, 2.24) is 9.80 Å². The van der Waals surface area contributed by atoms with E-state index in [1.54, 1.807) is 35.2 Å². The molecule has 7 nitrogen and oxygen atoms in total. The molecule has 1 unspecified atom stereocenters. The van der Waals surface area contributed by atoms with E-state index in [9.17, 15) is 9.59 Å². The Bertz CT molecular complexity index is 1300. The summed E-state index contributed by atoms with van der Waals surface area (Å²) in [6.45, 7) is 7.36. The maximum absolute atomic E-state index is 13.6. The van der Waals surface area contributed by atoms with Crippen LogP contribution in [0.2, 0.25) is 5.02 Å². The first-order valence-corrected chi connectivity index (χ1v) is 11.5. The lowest BCUT2D eigenvalue weighted by Gasteiger charge is -2.27. The first kappa shape index (κ1) is 23.9. The fourth-order valence-electron chi connectivity index (χ4n) is 4.11. The van der Waals surface area contributed by atoms with Crippen LogP contribution in [0.25, 0.3) is 11.0 Å². The summed E-state index contributed by atoms with van der Waals surface area (Å²) in [4.78, 5) is 30.7. The number of carbonyl (C=O) groups is 1. The molecule has 0 saturated carbocycles. The van der Waals surface area contributed by atoms with Crippen LogP contribution in [0.3, 0.4) is 0 Å². The van der Waals surface area contributed by atoms with Crippen LogP contribution < -0.4 is 14.9 Å². The van der Waals surface area contributed by atoms with Gasteiger partial charge in [-0.25, -0.2) is 0 Å². The van der Waals surface area contributed by atoms with Crippen molar-refractivity contribution in [3.63, 3.8) is 0 Å². The Morgan fingerprint density at radius 2 is 1.94 bits per heavy atom. The smallest absolute Gasteiger partial charge is 0.290 e. The molecule has 2 aromatic carbocycles. The molecule has 0 aliphatic carbocycles. The number of carbonyl (C=O) groups excluding carboxylic acids is 1. The number of benzene rings is 2. The molecule has 0 N–H and O–H groups in total. The van der Waals surface area contributed by atoms with Crippen LogP contribution in [-0.4, -0.2) is 56.1 Å². The van der Waals surface area contributed by atoms with E-state index in [4.69, 9.17) is 25.5 Å². The summed E-state index contributed by atoms with van der Waals surface area (Å²) in [5, 5.41) is 0.766. The lowest BCUT2D eigenvalue weighted by molar-refractivity contribution is 0.0716. The quantitative estimate of drug-likeness (QED) is 0.418. The van der Waals surface area contributed by atoms with Gasteiger partial charge >= 0.3 is 0 Å². The van der Waals surface area contributed by atoms with E-state index in [2.05, 4.69) is 6.58 Å². The van der Waals surface area contributed by atoms with Crippen LogP contribution in [0.4, 0.5) is 0 Å². The highest BCUT2D eigenvalue weighted by molar-refractivity contribution is 6.31. The van der Waals surface area contributed by atoms with Gasteiger partial charge in [0, 0.05) is 18.1 Å². The highest BCUT2D eigenvalue weighted by atomic mass is 35.5. The van der Waals surface area contributed by atoms with E-state index in [1.807, 2.05) is 38.1 Å². The summed E-state index contributed by atoms with van der Waals surface area (Å²) >= 11 is 6.15. The summed E-state index contributed by atoms with van der Waals surface area (Å²) < 4.78 is 17.5. The number of nitrogens with zero attached hydrogens (tertiary/aromatic N) is 2. The molecule has 0 fully saturated rings. The van der Waals surface area contributed by atoms with E-state index in [0.29, 0.717) is 59.4 Å². The van der Waals surface area contributed by atoms with Crippen LogP contribution in [0.1, 0.15) is 34.6 Å². The molecule has 4 rings (SSSR count). The molecule has 2 heterocycles. The van der Waals surface area contributed by atoms with Gasteiger partial charge in [-0.15, -0.1) is 0 Å². The Kier molecular flexibility index (Phi) is 6.95. The topological polar surface area (TPSA) is 72.2 Å². The Labute approximate surface area is 203 Å². The maximum Gasteiger partial charge on any atom is 0.290 e. The molecule has 3 aromatic rings. The minimum Gasteiger partial charge on any atom is -0.490 e. The number of hydrogen-bond donors (Lipinski definition) is 0. The zero-order valence-electron chi connectivity index (χ0n) is 19.5. The SMILES string of the molecule is C=CCOc1ccc(C2c3c(oc4ccc(Cl)cc4c3=O)C(=O)N2CCN(C)C)cc1OCC. The predicted octanol–water partition coefficient (Wildman–Crippen LogP) is 4.52. The third-order valence-electron chi connectivity index (χ3n) is 5.66. The Morgan fingerprint density at radius 3 is 2.65 bits per heavy atom. The Morgan fingerprint density at radius 1 is 1.15 bits per heavy atom. The summed E-state index contributed by atoms with van der Waals surface area (Å²) in [6.07, 6.45) is 1.65. The van der Waals surface area contributed by atoms with Gasteiger partial charge in [0.1, 0.15) is 12.2 Å².